The van der Waals surface area contributed by atoms with Crippen LogP contribution >= 0.6 is 0 Å². The Morgan fingerprint density at radius 1 is 0.762 bits per heavy atom. The molecule has 0 amide bonds. The van der Waals surface area contributed by atoms with Gasteiger partial charge in [0.15, 0.2) is 0 Å². The fourth-order valence-electron chi connectivity index (χ4n) is 1.82. The lowest BCUT2D eigenvalue weighted by molar-refractivity contribution is 0.257. The molecule has 6 heteroatoms. The number of hydrogen-bond donors (Lipinski definition) is 1. The van der Waals surface area contributed by atoms with E-state index in [0.717, 1.165) is 12.8 Å². The molecule has 1 N–H and O–H groups in total. The first-order valence-corrected chi connectivity index (χ1v) is 7.99. The van der Waals surface area contributed by atoms with Gasteiger partial charge in [-0.3, -0.25) is 0 Å². The summed E-state index contributed by atoms with van der Waals surface area (Å²) in [6.45, 7) is 5.48. The van der Waals surface area contributed by atoms with Crippen LogP contribution in [-0.2, 0) is 0 Å². The van der Waals surface area contributed by atoms with Crippen molar-refractivity contribution in [1.82, 2.24) is 15.0 Å². The molecule has 0 saturated heterocycles. The average molecular weight is 296 g/mol. The third-order valence-electron chi connectivity index (χ3n) is 2.98. The molecule has 0 spiro atoms. The van der Waals surface area contributed by atoms with E-state index in [1.54, 1.807) is 7.05 Å². The maximum atomic E-state index is 5.59. The lowest BCUT2D eigenvalue weighted by Gasteiger charge is -2.08. The number of aromatic nitrogens is 3. The van der Waals surface area contributed by atoms with Crippen LogP contribution in [0.1, 0.15) is 58.8 Å². The molecule has 0 aliphatic heterocycles. The third kappa shape index (κ3) is 7.68. The predicted octanol–water partition coefficient (Wildman–Crippen LogP) is 3.44. The van der Waals surface area contributed by atoms with E-state index in [1.165, 1.54) is 32.1 Å². The molecular weight excluding hydrogens is 268 g/mol. The van der Waals surface area contributed by atoms with Crippen LogP contribution in [0, 0.1) is 0 Å². The molecule has 120 valence electrons. The van der Waals surface area contributed by atoms with Gasteiger partial charge in [-0.2, -0.15) is 9.97 Å². The van der Waals surface area contributed by atoms with Crippen molar-refractivity contribution in [2.75, 3.05) is 25.6 Å². The second kappa shape index (κ2) is 11.1. The summed E-state index contributed by atoms with van der Waals surface area (Å²) in [4.78, 5) is 12.5. The van der Waals surface area contributed by atoms with Crippen molar-refractivity contribution in [1.29, 1.82) is 0 Å². The van der Waals surface area contributed by atoms with E-state index in [1.807, 2.05) is 6.92 Å². The highest BCUT2D eigenvalue weighted by atomic mass is 16.5. The quantitative estimate of drug-likeness (QED) is 0.596. The van der Waals surface area contributed by atoms with Crippen LogP contribution in [-0.4, -0.2) is 35.2 Å². The standard InChI is InChI=1S/C15H28N4O2/c1-4-6-7-8-9-10-12-21-15-18-13(16-3)17-14(19-15)20-11-5-2/h4-12H2,1-3H3,(H,16,17,18,19). The minimum atomic E-state index is 0.314. The molecule has 21 heavy (non-hydrogen) atoms. The van der Waals surface area contributed by atoms with E-state index < -0.39 is 0 Å². The van der Waals surface area contributed by atoms with Crippen LogP contribution in [0.5, 0.6) is 12.0 Å². The summed E-state index contributed by atoms with van der Waals surface area (Å²) in [5.74, 6) is 0.467. The van der Waals surface area contributed by atoms with E-state index in [0.29, 0.717) is 31.2 Å². The number of nitrogens with one attached hydrogen (secondary N) is 1. The SMILES string of the molecule is CCCCCCCCOc1nc(NC)nc(OCCC)n1. The smallest absolute Gasteiger partial charge is 0.324 e. The van der Waals surface area contributed by atoms with E-state index in [-0.39, 0.29) is 0 Å². The Labute approximate surface area is 127 Å². The summed E-state index contributed by atoms with van der Waals surface area (Å²) in [6.07, 6.45) is 8.28. The average Bonchev–Trinajstić information content (AvgIpc) is 2.51. The van der Waals surface area contributed by atoms with Crippen molar-refractivity contribution in [2.45, 2.75) is 58.8 Å². The van der Waals surface area contributed by atoms with Crippen molar-refractivity contribution in [3.05, 3.63) is 0 Å². The second-order valence-electron chi connectivity index (χ2n) is 4.94. The number of hydrogen-bond acceptors (Lipinski definition) is 6. The highest BCUT2D eigenvalue weighted by Gasteiger charge is 2.07. The van der Waals surface area contributed by atoms with Gasteiger partial charge in [-0.05, 0) is 12.8 Å². The summed E-state index contributed by atoms with van der Waals surface area (Å²) < 4.78 is 11.0. The van der Waals surface area contributed by atoms with Gasteiger partial charge in [-0.15, -0.1) is 4.98 Å². The zero-order chi connectivity index (χ0) is 15.3. The Morgan fingerprint density at radius 2 is 1.38 bits per heavy atom. The fraction of sp³-hybridized carbons (Fsp3) is 0.800. The van der Waals surface area contributed by atoms with Gasteiger partial charge < -0.3 is 14.8 Å². The summed E-state index contributed by atoms with van der Waals surface area (Å²) in [7, 11) is 1.76. The lowest BCUT2D eigenvalue weighted by Crippen LogP contribution is -2.08. The van der Waals surface area contributed by atoms with Gasteiger partial charge in [0.25, 0.3) is 0 Å². The van der Waals surface area contributed by atoms with Crippen LogP contribution in [0.3, 0.4) is 0 Å². The number of unbranched alkanes of at least 4 members (excludes halogenated alkanes) is 5. The number of nitrogens with zero attached hydrogens (tertiary/aromatic N) is 3. The van der Waals surface area contributed by atoms with Crippen molar-refractivity contribution >= 4 is 5.95 Å². The fourth-order valence-corrected chi connectivity index (χ4v) is 1.82. The minimum absolute atomic E-state index is 0.314. The summed E-state index contributed by atoms with van der Waals surface area (Å²) in [5.41, 5.74) is 0. The zero-order valence-corrected chi connectivity index (χ0v) is 13.5. The Hall–Kier alpha value is -1.59. The number of ether oxygens (including phenoxy) is 2. The van der Waals surface area contributed by atoms with Crippen molar-refractivity contribution < 1.29 is 9.47 Å². The zero-order valence-electron chi connectivity index (χ0n) is 13.5. The van der Waals surface area contributed by atoms with Gasteiger partial charge in [0.2, 0.25) is 5.95 Å². The molecule has 0 unspecified atom stereocenters. The maximum Gasteiger partial charge on any atom is 0.324 e. The summed E-state index contributed by atoms with van der Waals surface area (Å²) >= 11 is 0. The molecule has 1 aromatic heterocycles. The molecule has 0 saturated carbocycles. The molecule has 0 atom stereocenters. The van der Waals surface area contributed by atoms with Crippen molar-refractivity contribution in [3.8, 4) is 12.0 Å². The second-order valence-corrected chi connectivity index (χ2v) is 4.94. The third-order valence-corrected chi connectivity index (χ3v) is 2.98. The van der Waals surface area contributed by atoms with Crippen molar-refractivity contribution in [3.63, 3.8) is 0 Å². The number of anilines is 1. The van der Waals surface area contributed by atoms with Gasteiger partial charge in [0, 0.05) is 7.05 Å². The Kier molecular flexibility index (Phi) is 9.24. The van der Waals surface area contributed by atoms with Crippen LogP contribution in [0.25, 0.3) is 0 Å². The van der Waals surface area contributed by atoms with Crippen LogP contribution in [0.2, 0.25) is 0 Å². The summed E-state index contributed by atoms with van der Waals surface area (Å²) in [5, 5.41) is 2.89. The first-order valence-electron chi connectivity index (χ1n) is 7.99. The van der Waals surface area contributed by atoms with Crippen molar-refractivity contribution in [2.24, 2.45) is 0 Å². The van der Waals surface area contributed by atoms with E-state index >= 15 is 0 Å². The monoisotopic (exact) mass is 296 g/mol. The molecule has 0 aliphatic rings. The molecule has 1 aromatic rings. The molecule has 0 radical (unpaired) electrons. The van der Waals surface area contributed by atoms with Crippen LogP contribution in [0.4, 0.5) is 5.95 Å². The molecule has 0 fully saturated rings. The Balaban J connectivity index is 2.35. The normalized spacial score (nSPS) is 10.4. The predicted molar refractivity (Wildman–Crippen MR) is 84.0 cm³/mol. The van der Waals surface area contributed by atoms with E-state index in [2.05, 4.69) is 27.2 Å². The largest absolute Gasteiger partial charge is 0.463 e. The van der Waals surface area contributed by atoms with Gasteiger partial charge in [0.1, 0.15) is 0 Å². The Bertz CT molecular complexity index is 388. The van der Waals surface area contributed by atoms with Gasteiger partial charge in [0.05, 0.1) is 13.2 Å². The first-order chi connectivity index (χ1) is 10.3. The molecular formula is C15H28N4O2. The van der Waals surface area contributed by atoms with E-state index in [4.69, 9.17) is 9.47 Å². The van der Waals surface area contributed by atoms with E-state index in [9.17, 15) is 0 Å². The topological polar surface area (TPSA) is 69.2 Å². The Morgan fingerprint density at radius 3 is 2.00 bits per heavy atom. The first kappa shape index (κ1) is 17.5. The summed E-state index contributed by atoms with van der Waals surface area (Å²) in [6, 6.07) is 0.642. The van der Waals surface area contributed by atoms with Crippen LogP contribution < -0.4 is 14.8 Å². The molecule has 6 nitrogen and oxygen atoms in total. The van der Waals surface area contributed by atoms with Gasteiger partial charge in [-0.1, -0.05) is 46.0 Å². The molecule has 1 rings (SSSR count). The number of rotatable bonds is 12. The van der Waals surface area contributed by atoms with Gasteiger partial charge >= 0.3 is 12.0 Å². The maximum absolute atomic E-state index is 5.59. The van der Waals surface area contributed by atoms with Gasteiger partial charge in [-0.25, -0.2) is 0 Å². The molecule has 1 heterocycles. The molecule has 0 aromatic carbocycles. The van der Waals surface area contributed by atoms with Crippen LogP contribution in [0.15, 0.2) is 0 Å². The molecule has 0 bridgehead atoms. The minimum Gasteiger partial charge on any atom is -0.463 e. The highest BCUT2D eigenvalue weighted by molar-refractivity contribution is 5.26. The lowest BCUT2D eigenvalue weighted by atomic mass is 10.1. The highest BCUT2D eigenvalue weighted by Crippen LogP contribution is 2.13. The molecule has 0 aliphatic carbocycles.